The van der Waals surface area contributed by atoms with Crippen LogP contribution >= 0.6 is 0 Å². The predicted molar refractivity (Wildman–Crippen MR) is 87.5 cm³/mol. The molecule has 0 saturated heterocycles. The van der Waals surface area contributed by atoms with Crippen LogP contribution in [0.2, 0.25) is 0 Å². The maximum Gasteiger partial charge on any atom is 0.388 e. The van der Waals surface area contributed by atoms with Crippen molar-refractivity contribution in [3.05, 3.63) is 52.7 Å². The van der Waals surface area contributed by atoms with Crippen LogP contribution in [0.5, 0.6) is 0 Å². The van der Waals surface area contributed by atoms with Crippen LogP contribution in [0, 0.1) is 10.1 Å². The highest BCUT2D eigenvalue weighted by Gasteiger charge is 2.18. The minimum atomic E-state index is -0.475. The van der Waals surface area contributed by atoms with E-state index in [0.29, 0.717) is 5.82 Å². The van der Waals surface area contributed by atoms with Gasteiger partial charge in [-0.1, -0.05) is 7.43 Å². The number of azo groups is 1. The fourth-order valence-electron chi connectivity index (χ4n) is 1.78. The van der Waals surface area contributed by atoms with Gasteiger partial charge in [0.2, 0.25) is 0 Å². The summed E-state index contributed by atoms with van der Waals surface area (Å²) in [6, 6.07) is 10.0. The highest BCUT2D eigenvalue weighted by molar-refractivity contribution is 5.65. The van der Waals surface area contributed by atoms with E-state index in [-0.39, 0.29) is 18.8 Å². The number of nitro groups is 1. The van der Waals surface area contributed by atoms with Crippen molar-refractivity contribution in [2.75, 3.05) is 26.1 Å². The fraction of sp³-hybridized carbons (Fsp3) is 0.267. The zero-order valence-electron chi connectivity index (χ0n) is 12.5. The summed E-state index contributed by atoms with van der Waals surface area (Å²) < 4.78 is 1.41. The lowest BCUT2D eigenvalue weighted by atomic mass is 10.2. The molecule has 0 radical (unpaired) electrons. The first-order valence-electron chi connectivity index (χ1n) is 6.45. The molecule has 2 rings (SSSR count). The number of hydrogen-bond donors (Lipinski definition) is 0. The molecule has 0 aliphatic carbocycles. The van der Waals surface area contributed by atoms with Gasteiger partial charge in [0.1, 0.15) is 13.3 Å². The highest BCUT2D eigenvalue weighted by Crippen LogP contribution is 2.32. The monoisotopic (exact) mass is 318 g/mol. The van der Waals surface area contributed by atoms with E-state index >= 15 is 0 Å². The molecule has 2 aromatic rings. The van der Waals surface area contributed by atoms with Gasteiger partial charge in [-0.2, -0.15) is 0 Å². The molecule has 0 aliphatic heterocycles. The molecule has 0 fully saturated rings. The van der Waals surface area contributed by atoms with E-state index in [4.69, 9.17) is 4.84 Å². The Morgan fingerprint density at radius 3 is 2.57 bits per heavy atom. The van der Waals surface area contributed by atoms with Gasteiger partial charge >= 0.3 is 11.5 Å². The lowest BCUT2D eigenvalue weighted by molar-refractivity contribution is -0.875. The maximum absolute atomic E-state index is 11.2. The lowest BCUT2D eigenvalue weighted by Gasteiger charge is -2.11. The average molecular weight is 318 g/mol. The number of benzene rings is 1. The molecule has 0 saturated carbocycles. The van der Waals surface area contributed by atoms with Crippen LogP contribution in [0.3, 0.4) is 0 Å². The van der Waals surface area contributed by atoms with Crippen LogP contribution in [0.15, 0.2) is 52.8 Å². The summed E-state index contributed by atoms with van der Waals surface area (Å²) in [5.74, 6) is 0.427. The van der Waals surface area contributed by atoms with Gasteiger partial charge in [-0.25, -0.2) is 0 Å². The predicted octanol–water partition coefficient (Wildman–Crippen LogP) is 3.06. The Hall–Kier alpha value is -3.03. The molecular weight excluding hydrogens is 298 g/mol. The van der Waals surface area contributed by atoms with Crippen LogP contribution < -0.4 is 14.5 Å². The van der Waals surface area contributed by atoms with Gasteiger partial charge < -0.3 is 9.74 Å². The van der Waals surface area contributed by atoms with Gasteiger partial charge in [-0.15, -0.1) is 0 Å². The Kier molecular flexibility index (Phi) is 6.13. The molecule has 1 aromatic heterocycles. The van der Waals surface area contributed by atoms with Crippen LogP contribution in [0.25, 0.3) is 0 Å². The molecule has 23 heavy (non-hydrogen) atoms. The van der Waals surface area contributed by atoms with Gasteiger partial charge in [-0.3, -0.25) is 10.1 Å². The molecule has 0 spiro atoms. The number of hydrogen-bond acceptors (Lipinski definition) is 6. The first-order valence-corrected chi connectivity index (χ1v) is 6.45. The van der Waals surface area contributed by atoms with E-state index in [1.54, 1.807) is 41.4 Å². The van der Waals surface area contributed by atoms with E-state index in [2.05, 4.69) is 10.2 Å². The Morgan fingerprint density at radius 1 is 1.22 bits per heavy atom. The van der Waals surface area contributed by atoms with Crippen molar-refractivity contribution in [3.63, 3.8) is 0 Å². The molecule has 8 nitrogen and oxygen atoms in total. The summed E-state index contributed by atoms with van der Waals surface area (Å²) in [6.07, 6.45) is 1.66. The third-order valence-corrected chi connectivity index (χ3v) is 2.93. The van der Waals surface area contributed by atoms with Gasteiger partial charge in [0, 0.05) is 31.9 Å². The number of pyridine rings is 1. The molecule has 0 amide bonds. The van der Waals surface area contributed by atoms with Crippen LogP contribution in [-0.2, 0) is 0 Å². The second kappa shape index (κ2) is 7.83. The Morgan fingerprint density at radius 2 is 1.96 bits per heavy atom. The van der Waals surface area contributed by atoms with Gasteiger partial charge in [0.25, 0.3) is 0 Å². The van der Waals surface area contributed by atoms with Crippen LogP contribution in [0.4, 0.5) is 22.9 Å². The van der Waals surface area contributed by atoms with Crippen LogP contribution in [0.1, 0.15) is 7.43 Å². The minimum absolute atomic E-state index is 0. The number of aromatic nitrogens is 1. The molecule has 122 valence electrons. The summed E-state index contributed by atoms with van der Waals surface area (Å²) in [4.78, 5) is 17.6. The molecule has 8 heteroatoms. The zero-order chi connectivity index (χ0) is 16.1. The molecule has 1 heterocycles. The standard InChI is InChI=1S/C14H16N5O3.CH4/c1-17(2)11-7-8-12(13(10-11)19(20)21)15-16-14-6-4-5-9-18(14)22-3;/h4-10H,1-3H3;1H4/q+1;. The highest BCUT2D eigenvalue weighted by atomic mass is 16.6. The van der Waals surface area contributed by atoms with E-state index in [1.165, 1.54) is 17.9 Å². The summed E-state index contributed by atoms with van der Waals surface area (Å²) in [5.41, 5.74) is 0.800. The second-order valence-corrected chi connectivity index (χ2v) is 4.59. The van der Waals surface area contributed by atoms with Gasteiger partial charge in [0.15, 0.2) is 5.69 Å². The van der Waals surface area contributed by atoms with Crippen molar-refractivity contribution < 1.29 is 14.5 Å². The molecule has 0 bridgehead atoms. The summed E-state index contributed by atoms with van der Waals surface area (Å²) in [6.45, 7) is 0. The third kappa shape index (κ3) is 4.22. The number of nitrogens with zero attached hydrogens (tertiary/aromatic N) is 5. The van der Waals surface area contributed by atoms with Crippen LogP contribution in [-0.4, -0.2) is 26.1 Å². The molecule has 0 aliphatic rings. The lowest BCUT2D eigenvalue weighted by Crippen LogP contribution is -2.39. The molecule has 0 atom stereocenters. The third-order valence-electron chi connectivity index (χ3n) is 2.93. The van der Waals surface area contributed by atoms with E-state index in [9.17, 15) is 10.1 Å². The topological polar surface area (TPSA) is 84.2 Å². The van der Waals surface area contributed by atoms with Crippen molar-refractivity contribution in [2.45, 2.75) is 7.43 Å². The number of nitro benzene ring substituents is 1. The van der Waals surface area contributed by atoms with Gasteiger partial charge in [0.05, 0.1) is 10.0 Å². The summed E-state index contributed by atoms with van der Waals surface area (Å²) >= 11 is 0. The SMILES string of the molecule is C.CO[n+]1ccccc1N=Nc1ccc(N(C)C)cc1[N+](=O)[O-]. The number of rotatable bonds is 5. The fourth-order valence-corrected chi connectivity index (χ4v) is 1.78. The summed E-state index contributed by atoms with van der Waals surface area (Å²) in [5, 5.41) is 19.2. The first-order chi connectivity index (χ1) is 10.5. The molecule has 0 unspecified atom stereocenters. The molecule has 1 aromatic carbocycles. The quantitative estimate of drug-likeness (QED) is 0.367. The van der Waals surface area contributed by atoms with Crippen molar-refractivity contribution in [1.29, 1.82) is 0 Å². The number of anilines is 1. The molecular formula is C15H20N5O3+. The molecule has 0 N–H and O–H groups in total. The van der Waals surface area contributed by atoms with E-state index in [1.807, 2.05) is 14.1 Å². The van der Waals surface area contributed by atoms with E-state index in [0.717, 1.165) is 5.69 Å². The maximum atomic E-state index is 11.2. The summed E-state index contributed by atoms with van der Waals surface area (Å²) in [7, 11) is 5.12. The van der Waals surface area contributed by atoms with Crippen molar-refractivity contribution in [1.82, 2.24) is 0 Å². The van der Waals surface area contributed by atoms with Crippen molar-refractivity contribution >= 4 is 22.9 Å². The Balaban J connectivity index is 0.00000264. The average Bonchev–Trinajstić information content (AvgIpc) is 2.52. The Labute approximate surface area is 134 Å². The minimum Gasteiger partial charge on any atom is -0.377 e. The zero-order valence-corrected chi connectivity index (χ0v) is 12.5. The van der Waals surface area contributed by atoms with Gasteiger partial charge in [-0.05, 0) is 34.1 Å². The second-order valence-electron chi connectivity index (χ2n) is 4.59. The first kappa shape index (κ1) is 18.0. The van der Waals surface area contributed by atoms with Crippen molar-refractivity contribution in [2.24, 2.45) is 10.2 Å². The Bertz CT molecular complexity index is 716. The van der Waals surface area contributed by atoms with Crippen molar-refractivity contribution in [3.8, 4) is 0 Å². The largest absolute Gasteiger partial charge is 0.388 e. The normalized spacial score (nSPS) is 10.2. The smallest absolute Gasteiger partial charge is 0.377 e. The van der Waals surface area contributed by atoms with E-state index < -0.39 is 4.92 Å².